The Kier molecular flexibility index (Phi) is 5.36. The van der Waals surface area contributed by atoms with E-state index in [0.29, 0.717) is 18.0 Å². The van der Waals surface area contributed by atoms with Gasteiger partial charge in [0.25, 0.3) is 15.9 Å². The minimum absolute atomic E-state index is 0.0348. The molecule has 1 amide bonds. The van der Waals surface area contributed by atoms with Crippen LogP contribution in [0, 0.1) is 0 Å². The fraction of sp³-hybridized carbons (Fsp3) is 0.118. The molecule has 10 heteroatoms. The predicted octanol–water partition coefficient (Wildman–Crippen LogP) is 2.26. The van der Waals surface area contributed by atoms with Crippen LogP contribution in [0.15, 0.2) is 59.8 Å². The number of nitrogens with zero attached hydrogens (tertiary/aromatic N) is 2. The number of benzene rings is 2. The lowest BCUT2D eigenvalue weighted by Crippen LogP contribution is -2.15. The number of H-pyrrole nitrogens is 1. The number of anilines is 2. The molecular weight excluding hydrogens is 370 g/mol. The molecule has 0 spiro atoms. The number of aromatic nitrogens is 3. The summed E-state index contributed by atoms with van der Waals surface area (Å²) in [6.45, 7) is 2.40. The summed E-state index contributed by atoms with van der Waals surface area (Å²) in [5.41, 5.74) is 0.692. The highest BCUT2D eigenvalue weighted by Crippen LogP contribution is 2.20. The summed E-state index contributed by atoms with van der Waals surface area (Å²) < 4.78 is 32.8. The van der Waals surface area contributed by atoms with Crippen molar-refractivity contribution in [2.75, 3.05) is 16.6 Å². The number of ether oxygens (including phenoxy) is 1. The topological polar surface area (TPSA) is 126 Å². The third kappa shape index (κ3) is 4.61. The Morgan fingerprint density at radius 1 is 1.11 bits per heavy atom. The summed E-state index contributed by atoms with van der Waals surface area (Å²) in [6.07, 6.45) is 1.26. The largest absolute Gasteiger partial charge is 0.494 e. The molecule has 0 bridgehead atoms. The number of carbonyl (C=O) groups excluding carboxylic acids is 1. The van der Waals surface area contributed by atoms with Gasteiger partial charge >= 0.3 is 0 Å². The lowest BCUT2D eigenvalue weighted by Gasteiger charge is -2.10. The molecule has 0 unspecified atom stereocenters. The van der Waals surface area contributed by atoms with E-state index in [1.165, 1.54) is 30.6 Å². The van der Waals surface area contributed by atoms with Crippen LogP contribution in [0.25, 0.3) is 0 Å². The summed E-state index contributed by atoms with van der Waals surface area (Å²) in [4.78, 5) is 15.9. The third-order valence-electron chi connectivity index (χ3n) is 3.49. The number of aromatic amines is 1. The first-order valence-corrected chi connectivity index (χ1v) is 9.49. The molecule has 0 saturated heterocycles. The Bertz CT molecular complexity index is 1000. The zero-order valence-electron chi connectivity index (χ0n) is 14.3. The van der Waals surface area contributed by atoms with Gasteiger partial charge in [-0.3, -0.25) is 14.8 Å². The average molecular weight is 387 g/mol. The van der Waals surface area contributed by atoms with Crippen LogP contribution in [0.3, 0.4) is 0 Å². The van der Waals surface area contributed by atoms with Gasteiger partial charge in [-0.15, -0.1) is 0 Å². The lowest BCUT2D eigenvalue weighted by atomic mass is 10.2. The number of amides is 1. The van der Waals surface area contributed by atoms with Crippen molar-refractivity contribution >= 4 is 27.6 Å². The molecule has 0 atom stereocenters. The molecule has 3 rings (SSSR count). The van der Waals surface area contributed by atoms with Crippen molar-refractivity contribution in [3.63, 3.8) is 0 Å². The molecule has 1 aromatic heterocycles. The molecule has 0 aliphatic carbocycles. The quantitative estimate of drug-likeness (QED) is 0.571. The molecule has 3 N–H and O–H groups in total. The molecule has 9 nitrogen and oxygen atoms in total. The molecule has 0 radical (unpaired) electrons. The number of hydrogen-bond acceptors (Lipinski definition) is 6. The van der Waals surface area contributed by atoms with Gasteiger partial charge in [-0.1, -0.05) is 0 Å². The zero-order chi connectivity index (χ0) is 19.3. The highest BCUT2D eigenvalue weighted by atomic mass is 32.2. The van der Waals surface area contributed by atoms with Crippen LogP contribution in [0.1, 0.15) is 17.3 Å². The standard InChI is InChI=1S/C17H17N5O4S/c1-2-26-14-7-5-13(6-8-14)22-27(24,25)15-9-3-12(4-10-15)16(23)20-17-18-11-19-21-17/h3-11,22H,2H2,1H3,(H2,18,19,20,21,23). The number of carbonyl (C=O) groups is 1. The van der Waals surface area contributed by atoms with Gasteiger partial charge in [-0.2, -0.15) is 10.1 Å². The van der Waals surface area contributed by atoms with Crippen molar-refractivity contribution in [2.45, 2.75) is 11.8 Å². The minimum atomic E-state index is -3.78. The van der Waals surface area contributed by atoms with Gasteiger partial charge in [-0.25, -0.2) is 13.5 Å². The maximum atomic E-state index is 12.5. The first kappa shape index (κ1) is 18.4. The van der Waals surface area contributed by atoms with Gasteiger partial charge in [0.2, 0.25) is 5.95 Å². The first-order valence-electron chi connectivity index (χ1n) is 8.00. The predicted molar refractivity (Wildman–Crippen MR) is 99.2 cm³/mol. The highest BCUT2D eigenvalue weighted by molar-refractivity contribution is 7.92. The Hall–Kier alpha value is -3.40. The van der Waals surface area contributed by atoms with Gasteiger partial charge in [0.05, 0.1) is 11.5 Å². The van der Waals surface area contributed by atoms with Crippen LogP contribution in [-0.2, 0) is 10.0 Å². The van der Waals surface area contributed by atoms with Gasteiger partial charge in [0.1, 0.15) is 12.1 Å². The van der Waals surface area contributed by atoms with E-state index in [0.717, 1.165) is 0 Å². The van der Waals surface area contributed by atoms with Crippen LogP contribution in [0.2, 0.25) is 0 Å². The normalized spacial score (nSPS) is 11.0. The Labute approximate surface area is 155 Å². The number of hydrogen-bond donors (Lipinski definition) is 3. The van der Waals surface area contributed by atoms with Gasteiger partial charge < -0.3 is 4.74 Å². The second-order valence-corrected chi connectivity index (χ2v) is 7.06. The van der Waals surface area contributed by atoms with Crippen LogP contribution in [0.5, 0.6) is 5.75 Å². The minimum Gasteiger partial charge on any atom is -0.494 e. The van der Waals surface area contributed by atoms with Crippen LogP contribution in [-0.4, -0.2) is 36.1 Å². The van der Waals surface area contributed by atoms with E-state index in [1.54, 1.807) is 24.3 Å². The van der Waals surface area contributed by atoms with E-state index >= 15 is 0 Å². The van der Waals surface area contributed by atoms with Gasteiger partial charge in [-0.05, 0) is 55.5 Å². The van der Waals surface area contributed by atoms with Crippen LogP contribution < -0.4 is 14.8 Å². The van der Waals surface area contributed by atoms with Crippen LogP contribution >= 0.6 is 0 Å². The van der Waals surface area contributed by atoms with Crippen molar-refractivity contribution in [1.82, 2.24) is 15.2 Å². The number of sulfonamides is 1. The molecule has 0 aliphatic heterocycles. The molecule has 0 aliphatic rings. The molecular formula is C17H17N5O4S. The van der Waals surface area contributed by atoms with Crippen molar-refractivity contribution in [2.24, 2.45) is 0 Å². The Balaban J connectivity index is 1.70. The first-order chi connectivity index (χ1) is 13.0. The van der Waals surface area contributed by atoms with E-state index in [1.807, 2.05) is 6.92 Å². The third-order valence-corrected chi connectivity index (χ3v) is 4.89. The smallest absolute Gasteiger partial charge is 0.261 e. The Morgan fingerprint density at radius 2 is 1.81 bits per heavy atom. The summed E-state index contributed by atoms with van der Waals surface area (Å²) in [5, 5.41) is 8.64. The Morgan fingerprint density at radius 3 is 2.41 bits per heavy atom. The molecule has 0 saturated carbocycles. The van der Waals surface area contributed by atoms with Crippen molar-refractivity contribution in [1.29, 1.82) is 0 Å². The van der Waals surface area contributed by atoms with E-state index < -0.39 is 15.9 Å². The van der Waals surface area contributed by atoms with Crippen molar-refractivity contribution in [3.05, 3.63) is 60.4 Å². The molecule has 2 aromatic carbocycles. The van der Waals surface area contributed by atoms with Gasteiger partial charge in [0, 0.05) is 11.3 Å². The number of rotatable bonds is 7. The summed E-state index contributed by atoms with van der Waals surface area (Å²) in [7, 11) is -3.78. The SMILES string of the molecule is CCOc1ccc(NS(=O)(=O)c2ccc(C(=O)Nc3ncn[nH]3)cc2)cc1. The zero-order valence-corrected chi connectivity index (χ0v) is 15.2. The average Bonchev–Trinajstić information content (AvgIpc) is 3.16. The lowest BCUT2D eigenvalue weighted by molar-refractivity contribution is 0.102. The molecule has 0 fully saturated rings. The maximum absolute atomic E-state index is 12.5. The van der Waals surface area contributed by atoms with Crippen LogP contribution in [0.4, 0.5) is 11.6 Å². The number of nitrogens with one attached hydrogen (secondary N) is 3. The van der Waals surface area contributed by atoms with Crippen molar-refractivity contribution in [3.8, 4) is 5.75 Å². The van der Waals surface area contributed by atoms with E-state index in [9.17, 15) is 13.2 Å². The second-order valence-electron chi connectivity index (χ2n) is 5.38. The van der Waals surface area contributed by atoms with E-state index in [4.69, 9.17) is 4.74 Å². The van der Waals surface area contributed by atoms with Gasteiger partial charge in [0.15, 0.2) is 0 Å². The van der Waals surface area contributed by atoms with E-state index in [-0.39, 0.29) is 16.4 Å². The fourth-order valence-corrected chi connectivity index (χ4v) is 3.29. The highest BCUT2D eigenvalue weighted by Gasteiger charge is 2.16. The second kappa shape index (κ2) is 7.87. The summed E-state index contributed by atoms with van der Waals surface area (Å²) in [6, 6.07) is 12.1. The van der Waals surface area contributed by atoms with E-state index in [2.05, 4.69) is 25.2 Å². The molecule has 27 heavy (non-hydrogen) atoms. The van der Waals surface area contributed by atoms with Crippen molar-refractivity contribution < 1.29 is 17.9 Å². The molecule has 140 valence electrons. The maximum Gasteiger partial charge on any atom is 0.261 e. The monoisotopic (exact) mass is 387 g/mol. The summed E-state index contributed by atoms with van der Waals surface area (Å²) in [5.74, 6) is 0.423. The molecule has 3 aromatic rings. The molecule has 1 heterocycles. The fourth-order valence-electron chi connectivity index (χ4n) is 2.23. The summed E-state index contributed by atoms with van der Waals surface area (Å²) >= 11 is 0.